The van der Waals surface area contributed by atoms with Crippen LogP contribution in [0.3, 0.4) is 0 Å². The molecule has 1 saturated heterocycles. The fourth-order valence-corrected chi connectivity index (χ4v) is 5.79. The zero-order valence-electron chi connectivity index (χ0n) is 19.1. The van der Waals surface area contributed by atoms with Crippen LogP contribution in [0.25, 0.3) is 0 Å². The van der Waals surface area contributed by atoms with Crippen LogP contribution >= 0.6 is 27.5 Å². The van der Waals surface area contributed by atoms with Crippen molar-refractivity contribution in [3.05, 3.63) is 92.4 Å². The van der Waals surface area contributed by atoms with E-state index < -0.39 is 0 Å². The molecule has 0 bridgehead atoms. The van der Waals surface area contributed by atoms with Crippen molar-refractivity contribution < 1.29 is 19.3 Å². The monoisotopic (exact) mass is 542 g/mol. The number of hydrogen-bond donors (Lipinski definition) is 1. The van der Waals surface area contributed by atoms with E-state index in [2.05, 4.69) is 33.0 Å². The zero-order valence-corrected chi connectivity index (χ0v) is 21.5. The summed E-state index contributed by atoms with van der Waals surface area (Å²) in [7, 11) is 1.97. The molecule has 0 radical (unpaired) electrons. The van der Waals surface area contributed by atoms with Crippen LogP contribution in [0.2, 0.25) is 5.02 Å². The second-order valence-electron chi connectivity index (χ2n) is 9.12. The Labute approximate surface area is 213 Å². The number of aromatic nitrogens is 2. The van der Waals surface area contributed by atoms with Gasteiger partial charge in [0.2, 0.25) is 12.1 Å². The number of rotatable bonds is 3. The molecule has 1 aliphatic heterocycles. The van der Waals surface area contributed by atoms with E-state index in [4.69, 9.17) is 11.6 Å². The van der Waals surface area contributed by atoms with Crippen molar-refractivity contribution >= 4 is 33.4 Å². The van der Waals surface area contributed by atoms with Gasteiger partial charge in [-0.1, -0.05) is 17.7 Å². The van der Waals surface area contributed by atoms with Gasteiger partial charge in [0, 0.05) is 53.6 Å². The Morgan fingerprint density at radius 2 is 1.79 bits per heavy atom. The van der Waals surface area contributed by atoms with E-state index in [0.717, 1.165) is 52.2 Å². The number of piperazine rings is 1. The second-order valence-corrected chi connectivity index (χ2v) is 10.5. The van der Waals surface area contributed by atoms with Gasteiger partial charge in [0.1, 0.15) is 13.1 Å². The number of carbonyl (C=O) groups is 1. The molecule has 3 heterocycles. The van der Waals surface area contributed by atoms with Crippen LogP contribution < -0.4 is 9.30 Å². The number of hydrogen-bond acceptors (Lipinski definition) is 3. The summed E-state index contributed by atoms with van der Waals surface area (Å²) in [6, 6.07) is 12.1. The molecule has 3 aromatic rings. The summed E-state index contributed by atoms with van der Waals surface area (Å²) in [5, 5.41) is 11.7. The van der Waals surface area contributed by atoms with Crippen molar-refractivity contribution in [2.45, 2.75) is 25.3 Å². The van der Waals surface area contributed by atoms with Gasteiger partial charge in [-0.05, 0) is 63.7 Å². The molecule has 34 heavy (non-hydrogen) atoms. The van der Waals surface area contributed by atoms with Crippen molar-refractivity contribution in [2.24, 2.45) is 7.05 Å². The van der Waals surface area contributed by atoms with Crippen LogP contribution in [-0.4, -0.2) is 47.1 Å². The van der Waals surface area contributed by atoms with E-state index in [1.165, 1.54) is 15.9 Å². The predicted molar refractivity (Wildman–Crippen MR) is 132 cm³/mol. The molecule has 2 aliphatic rings. The van der Waals surface area contributed by atoms with E-state index in [-0.39, 0.29) is 11.9 Å². The van der Waals surface area contributed by atoms with Crippen LogP contribution in [0.1, 0.15) is 34.0 Å². The molecule has 0 saturated carbocycles. The van der Waals surface area contributed by atoms with E-state index >= 15 is 0 Å². The molecular formula is C26H28BrClN4O2+2. The van der Waals surface area contributed by atoms with E-state index in [9.17, 15) is 10.0 Å². The highest BCUT2D eigenvalue weighted by Gasteiger charge is 2.39. The van der Waals surface area contributed by atoms with Crippen LogP contribution in [0, 0.1) is 0 Å². The number of pyridine rings is 2. The molecule has 1 fully saturated rings. The summed E-state index contributed by atoms with van der Waals surface area (Å²) in [5.74, 6) is 0.156. The quantitative estimate of drug-likeness (QED) is 0.408. The zero-order chi connectivity index (χ0) is 23.8. The molecule has 8 heteroatoms. The summed E-state index contributed by atoms with van der Waals surface area (Å²) in [5.41, 5.74) is 5.41. The van der Waals surface area contributed by atoms with Crippen LogP contribution in [0.4, 0.5) is 0 Å². The van der Waals surface area contributed by atoms with Gasteiger partial charge in [-0.15, -0.1) is 0 Å². The third kappa shape index (κ3) is 4.69. The molecule has 176 valence electrons. The van der Waals surface area contributed by atoms with Crippen molar-refractivity contribution in [3.63, 3.8) is 0 Å². The Kier molecular flexibility index (Phi) is 6.60. The van der Waals surface area contributed by atoms with Gasteiger partial charge < -0.3 is 4.90 Å². The van der Waals surface area contributed by atoms with Gasteiger partial charge in [-0.25, -0.2) is 4.57 Å². The van der Waals surface area contributed by atoms with Crippen LogP contribution in [-0.2, 0) is 31.1 Å². The molecule has 1 N–H and O–H groups in total. The first kappa shape index (κ1) is 23.3. The summed E-state index contributed by atoms with van der Waals surface area (Å²) >= 11 is 9.86. The van der Waals surface area contributed by atoms with E-state index in [0.29, 0.717) is 19.5 Å². The summed E-state index contributed by atoms with van der Waals surface area (Å²) in [4.78, 5) is 17.3. The highest BCUT2D eigenvalue weighted by atomic mass is 79.9. The van der Waals surface area contributed by atoms with Gasteiger partial charge in [0.05, 0.1) is 10.9 Å². The molecular weight excluding hydrogens is 516 g/mol. The average Bonchev–Trinajstić information content (AvgIpc) is 2.97. The first-order chi connectivity index (χ1) is 16.4. The first-order valence-electron chi connectivity index (χ1n) is 11.6. The van der Waals surface area contributed by atoms with Crippen LogP contribution in [0.5, 0.6) is 0 Å². The SMILES string of the molecule is C[n+]1ccc(CC(=O)N2CCN([C@@H]3c4ccc(Cl)cc4CCc4cc(Br)c[n+](O)c43)CC2)cc1. The lowest BCUT2D eigenvalue weighted by Crippen LogP contribution is -2.52. The maximum atomic E-state index is 13.0. The molecule has 1 aromatic carbocycles. The van der Waals surface area contributed by atoms with Crippen molar-refractivity contribution in [3.8, 4) is 0 Å². The average molecular weight is 544 g/mol. The minimum Gasteiger partial charge on any atom is -0.340 e. The molecule has 1 amide bonds. The lowest BCUT2D eigenvalue weighted by molar-refractivity contribution is -0.911. The Hall–Kier alpha value is -2.48. The maximum Gasteiger partial charge on any atom is 0.258 e. The number of carbonyl (C=O) groups excluding carboxylic acids is 1. The number of halogens is 2. The van der Waals surface area contributed by atoms with Crippen molar-refractivity contribution in [2.75, 3.05) is 26.2 Å². The molecule has 2 aromatic heterocycles. The first-order valence-corrected chi connectivity index (χ1v) is 12.7. The Morgan fingerprint density at radius 3 is 2.53 bits per heavy atom. The number of fused-ring (bicyclic) bond motifs is 2. The number of amides is 1. The molecule has 0 spiro atoms. The van der Waals surface area contributed by atoms with Gasteiger partial charge in [-0.2, -0.15) is 0 Å². The van der Waals surface area contributed by atoms with E-state index in [1.54, 1.807) is 6.20 Å². The number of benzene rings is 1. The standard InChI is InChI=1S/C26H28BrClN4O2/c1-29-8-6-18(7-9-29)14-24(33)30-10-12-31(13-11-30)26-23-5-4-22(28)16-19(23)2-3-20-15-21(27)17-32(34)25(20)26/h4-9,15-17,26,34H,2-3,10-14H2,1H3/q+2/t26-/m1/s1. The molecule has 1 atom stereocenters. The van der Waals surface area contributed by atoms with E-state index in [1.807, 2.05) is 53.2 Å². The minimum atomic E-state index is -0.103. The van der Waals surface area contributed by atoms with Crippen molar-refractivity contribution in [1.82, 2.24) is 9.80 Å². The topological polar surface area (TPSA) is 51.5 Å². The largest absolute Gasteiger partial charge is 0.340 e. The van der Waals surface area contributed by atoms with Crippen molar-refractivity contribution in [1.29, 1.82) is 0 Å². The molecule has 5 rings (SSSR count). The normalized spacial score (nSPS) is 18.2. The highest BCUT2D eigenvalue weighted by Crippen LogP contribution is 2.37. The third-order valence-corrected chi connectivity index (χ3v) is 7.56. The van der Waals surface area contributed by atoms with Gasteiger partial charge in [0.15, 0.2) is 12.4 Å². The predicted octanol–water partition coefficient (Wildman–Crippen LogP) is 3.03. The maximum absolute atomic E-state index is 13.0. The minimum absolute atomic E-state index is 0.103. The summed E-state index contributed by atoms with van der Waals surface area (Å²) < 4.78 is 4.08. The Balaban J connectivity index is 1.40. The van der Waals surface area contributed by atoms with Gasteiger partial charge in [0.25, 0.3) is 5.69 Å². The molecule has 1 aliphatic carbocycles. The smallest absolute Gasteiger partial charge is 0.258 e. The van der Waals surface area contributed by atoms with Gasteiger partial charge in [-0.3, -0.25) is 14.9 Å². The highest BCUT2D eigenvalue weighted by molar-refractivity contribution is 9.10. The lowest BCUT2D eigenvalue weighted by Gasteiger charge is -2.38. The van der Waals surface area contributed by atoms with Crippen LogP contribution in [0.15, 0.2) is 59.5 Å². The Bertz CT molecular complexity index is 1230. The molecule has 6 nitrogen and oxygen atoms in total. The summed E-state index contributed by atoms with van der Waals surface area (Å²) in [6.07, 6.45) is 7.74. The molecule has 0 unspecified atom stereocenters. The second kappa shape index (κ2) is 9.64. The number of nitrogens with zero attached hydrogens (tertiary/aromatic N) is 4. The number of aryl methyl sites for hydroxylation is 3. The van der Waals surface area contributed by atoms with Gasteiger partial charge >= 0.3 is 0 Å². The Morgan fingerprint density at radius 1 is 1.09 bits per heavy atom. The lowest BCUT2D eigenvalue weighted by atomic mass is 9.96. The summed E-state index contributed by atoms with van der Waals surface area (Å²) in [6.45, 7) is 2.79. The fraction of sp³-hybridized carbons (Fsp3) is 0.346. The fourth-order valence-electron chi connectivity index (χ4n) is 5.12. The third-order valence-electron chi connectivity index (χ3n) is 6.89.